The minimum absolute atomic E-state index is 0.252. The number of methoxy groups -OCH3 is 3. The van der Waals surface area contributed by atoms with Crippen LogP contribution in [-0.2, 0) is 25.6 Å². The van der Waals surface area contributed by atoms with E-state index in [9.17, 15) is 9.59 Å². The van der Waals surface area contributed by atoms with Gasteiger partial charge in [-0.2, -0.15) is 0 Å². The van der Waals surface area contributed by atoms with Gasteiger partial charge < -0.3 is 29.3 Å². The number of likely N-dealkylation sites (tertiary alicyclic amines) is 1. The molecule has 3 aromatic rings. The van der Waals surface area contributed by atoms with E-state index in [1.807, 2.05) is 36.4 Å². The second-order valence-corrected chi connectivity index (χ2v) is 10.3. The normalized spacial score (nSPS) is 17.7. The van der Waals surface area contributed by atoms with Gasteiger partial charge in [-0.05, 0) is 74.2 Å². The fourth-order valence-electron chi connectivity index (χ4n) is 5.54. The van der Waals surface area contributed by atoms with Gasteiger partial charge in [-0.15, -0.1) is 5.10 Å². The standard InChI is InChI=1S/C31H35N5O6/c1-19-27(30(38)41-4)28(25(17-32-19)29(37)40-3)22-8-5-9-23(15-22)33-31-35-34-26(42-31)18-36-13-11-20(12-14-36)21-7-6-10-24(16-21)39-2/h5-10,15-17,20,28,32H,11-14,18H2,1-4H3,(H,33,35). The number of hydrogen-bond acceptors (Lipinski definition) is 11. The largest absolute Gasteiger partial charge is 0.497 e. The fraction of sp³-hybridized carbons (Fsp3) is 0.355. The molecule has 0 radical (unpaired) electrons. The van der Waals surface area contributed by atoms with Crippen LogP contribution in [0.2, 0.25) is 0 Å². The van der Waals surface area contributed by atoms with Gasteiger partial charge in [0, 0.05) is 17.6 Å². The lowest BCUT2D eigenvalue weighted by Gasteiger charge is -2.31. The van der Waals surface area contributed by atoms with Crippen LogP contribution in [0.5, 0.6) is 5.75 Å². The van der Waals surface area contributed by atoms with Crippen LogP contribution >= 0.6 is 0 Å². The van der Waals surface area contributed by atoms with Crippen LogP contribution in [0.25, 0.3) is 0 Å². The first-order valence-corrected chi connectivity index (χ1v) is 13.8. The van der Waals surface area contributed by atoms with Gasteiger partial charge in [0.1, 0.15) is 5.75 Å². The van der Waals surface area contributed by atoms with E-state index in [0.717, 1.165) is 31.7 Å². The summed E-state index contributed by atoms with van der Waals surface area (Å²) in [6.45, 7) is 4.18. The zero-order chi connectivity index (χ0) is 29.6. The number of dihydropyridines is 1. The van der Waals surface area contributed by atoms with Crippen LogP contribution in [-0.4, -0.2) is 61.5 Å². The van der Waals surface area contributed by atoms with Crippen molar-refractivity contribution in [3.05, 3.63) is 88.6 Å². The van der Waals surface area contributed by atoms with Crippen molar-refractivity contribution in [2.24, 2.45) is 0 Å². The Labute approximate surface area is 244 Å². The highest BCUT2D eigenvalue weighted by molar-refractivity contribution is 5.99. The molecule has 2 aromatic carbocycles. The highest BCUT2D eigenvalue weighted by Crippen LogP contribution is 2.38. The van der Waals surface area contributed by atoms with E-state index in [1.165, 1.54) is 19.8 Å². The Bertz CT molecular complexity index is 1500. The Hall–Kier alpha value is -4.64. The number of carbonyl (C=O) groups excluding carboxylic acids is 2. The highest BCUT2D eigenvalue weighted by Gasteiger charge is 2.35. The Morgan fingerprint density at radius 1 is 1.00 bits per heavy atom. The van der Waals surface area contributed by atoms with Crippen LogP contribution < -0.4 is 15.4 Å². The van der Waals surface area contributed by atoms with Crippen LogP contribution in [0.15, 0.2) is 76.0 Å². The SMILES string of the molecule is COC(=O)C1=CNC(C)=C(C(=O)OC)C1c1cccc(Nc2nnc(CN3CCC(c4cccc(OC)c4)CC3)o2)c1. The van der Waals surface area contributed by atoms with Crippen LogP contribution in [0.1, 0.15) is 48.6 Å². The summed E-state index contributed by atoms with van der Waals surface area (Å²) in [5.74, 6) is 0.135. The first-order valence-electron chi connectivity index (χ1n) is 13.8. The molecule has 1 atom stereocenters. The number of carbonyl (C=O) groups is 2. The number of hydrogen-bond donors (Lipinski definition) is 2. The molecule has 1 fully saturated rings. The maximum absolute atomic E-state index is 12.7. The molecule has 11 heteroatoms. The quantitative estimate of drug-likeness (QED) is 0.354. The van der Waals surface area contributed by atoms with Crippen molar-refractivity contribution in [3.8, 4) is 5.75 Å². The van der Waals surface area contributed by atoms with Gasteiger partial charge in [0.25, 0.3) is 0 Å². The van der Waals surface area contributed by atoms with E-state index in [4.69, 9.17) is 18.6 Å². The molecule has 42 heavy (non-hydrogen) atoms. The first kappa shape index (κ1) is 28.9. The van der Waals surface area contributed by atoms with Crippen molar-refractivity contribution in [2.45, 2.75) is 38.1 Å². The fourth-order valence-corrected chi connectivity index (χ4v) is 5.54. The van der Waals surface area contributed by atoms with Gasteiger partial charge in [-0.3, -0.25) is 4.90 Å². The number of allylic oxidation sites excluding steroid dienone is 1. The predicted molar refractivity (Wildman–Crippen MR) is 155 cm³/mol. The number of nitrogens with zero attached hydrogens (tertiary/aromatic N) is 3. The third-order valence-electron chi connectivity index (χ3n) is 7.72. The Kier molecular flexibility index (Phi) is 8.87. The van der Waals surface area contributed by atoms with E-state index in [-0.39, 0.29) is 11.6 Å². The molecule has 1 saturated heterocycles. The Morgan fingerprint density at radius 3 is 2.48 bits per heavy atom. The topological polar surface area (TPSA) is 128 Å². The lowest BCUT2D eigenvalue weighted by atomic mass is 9.82. The number of anilines is 2. The van der Waals surface area contributed by atoms with Gasteiger partial charge >= 0.3 is 18.0 Å². The summed E-state index contributed by atoms with van der Waals surface area (Å²) in [6.07, 6.45) is 3.64. The number of benzene rings is 2. The molecule has 2 aliphatic rings. The first-order chi connectivity index (χ1) is 20.4. The summed E-state index contributed by atoms with van der Waals surface area (Å²) in [5.41, 5.74) is 3.86. The number of ether oxygens (including phenoxy) is 3. The van der Waals surface area contributed by atoms with Gasteiger partial charge in [-0.1, -0.05) is 29.4 Å². The van der Waals surface area contributed by atoms with Gasteiger partial charge in [-0.25, -0.2) is 9.59 Å². The molecule has 220 valence electrons. The zero-order valence-electron chi connectivity index (χ0n) is 24.2. The minimum atomic E-state index is -0.689. The number of rotatable bonds is 9. The van der Waals surface area contributed by atoms with Crippen LogP contribution in [0.4, 0.5) is 11.7 Å². The molecule has 0 amide bonds. The van der Waals surface area contributed by atoms with Crippen molar-refractivity contribution in [3.63, 3.8) is 0 Å². The molecular weight excluding hydrogens is 538 g/mol. The van der Waals surface area contributed by atoms with Gasteiger partial charge in [0.15, 0.2) is 0 Å². The summed E-state index contributed by atoms with van der Waals surface area (Å²) in [5, 5.41) is 14.5. The summed E-state index contributed by atoms with van der Waals surface area (Å²) < 4.78 is 21.3. The smallest absolute Gasteiger partial charge is 0.336 e. The average molecular weight is 574 g/mol. The van der Waals surface area contributed by atoms with Gasteiger partial charge in [0.2, 0.25) is 5.89 Å². The maximum Gasteiger partial charge on any atom is 0.336 e. The van der Waals surface area contributed by atoms with E-state index in [2.05, 4.69) is 37.9 Å². The second-order valence-electron chi connectivity index (χ2n) is 10.3. The van der Waals surface area contributed by atoms with E-state index in [0.29, 0.717) is 40.9 Å². The van der Waals surface area contributed by atoms with E-state index in [1.54, 1.807) is 20.2 Å². The molecule has 11 nitrogen and oxygen atoms in total. The highest BCUT2D eigenvalue weighted by atomic mass is 16.5. The van der Waals surface area contributed by atoms with Crippen molar-refractivity contribution in [1.29, 1.82) is 0 Å². The van der Waals surface area contributed by atoms with Crippen molar-refractivity contribution < 1.29 is 28.2 Å². The molecule has 0 spiro atoms. The third kappa shape index (κ3) is 6.31. The molecule has 1 aromatic heterocycles. The summed E-state index contributed by atoms with van der Waals surface area (Å²) in [4.78, 5) is 27.6. The summed E-state index contributed by atoms with van der Waals surface area (Å²) in [7, 11) is 4.30. The van der Waals surface area contributed by atoms with Crippen molar-refractivity contribution in [2.75, 3.05) is 39.7 Å². The number of aromatic nitrogens is 2. The number of esters is 2. The zero-order valence-corrected chi connectivity index (χ0v) is 24.2. The van der Waals surface area contributed by atoms with E-state index >= 15 is 0 Å². The predicted octanol–water partition coefficient (Wildman–Crippen LogP) is 4.39. The number of piperidine rings is 1. The minimum Gasteiger partial charge on any atom is -0.497 e. The molecule has 1 unspecified atom stereocenters. The second kappa shape index (κ2) is 12.9. The molecule has 0 aliphatic carbocycles. The molecule has 0 bridgehead atoms. The van der Waals surface area contributed by atoms with Crippen molar-refractivity contribution in [1.82, 2.24) is 20.4 Å². The summed E-state index contributed by atoms with van der Waals surface area (Å²) in [6, 6.07) is 15.9. The molecule has 3 heterocycles. The van der Waals surface area contributed by atoms with Crippen LogP contribution in [0.3, 0.4) is 0 Å². The lowest BCUT2D eigenvalue weighted by molar-refractivity contribution is -0.137. The molecule has 2 N–H and O–H groups in total. The van der Waals surface area contributed by atoms with E-state index < -0.39 is 17.9 Å². The lowest BCUT2D eigenvalue weighted by Crippen LogP contribution is -2.32. The van der Waals surface area contributed by atoms with Crippen LogP contribution in [0, 0.1) is 0 Å². The Morgan fingerprint density at radius 2 is 1.74 bits per heavy atom. The Balaban J connectivity index is 1.25. The monoisotopic (exact) mass is 573 g/mol. The number of nitrogens with one attached hydrogen (secondary N) is 2. The maximum atomic E-state index is 12.7. The van der Waals surface area contributed by atoms with Gasteiger partial charge in [0.05, 0.1) is 44.9 Å². The average Bonchev–Trinajstić information content (AvgIpc) is 3.46. The molecule has 5 rings (SSSR count). The summed E-state index contributed by atoms with van der Waals surface area (Å²) >= 11 is 0. The third-order valence-corrected chi connectivity index (χ3v) is 7.72. The molecule has 2 aliphatic heterocycles. The molecule has 0 saturated carbocycles. The van der Waals surface area contributed by atoms with Crippen molar-refractivity contribution >= 4 is 23.6 Å². The molecular formula is C31H35N5O6.